The Labute approximate surface area is 218 Å². The molecule has 0 saturated carbocycles. The number of piperazine rings is 1. The van der Waals surface area contributed by atoms with Crippen LogP contribution in [-0.4, -0.2) is 84.1 Å². The first-order valence-electron chi connectivity index (χ1n) is 11.7. The number of H-pyrrole nitrogens is 1. The standard InChI is InChI=1S/C25H24N6O6S/c1-4-16-7-8-19-17(12-16)13-21(27-19)38(35,36)29-10-11-30(18(15-29)14-22(32)28(2)3)24(33)25-31(34)23-20(37-25)6-5-9-26-23/h1,5-9,12-13,18,27H,10-11,14-15H2,2-3H3. The number of nitrogens with zero attached hydrogens (tertiary/aromatic N) is 5. The highest BCUT2D eigenvalue weighted by Gasteiger charge is 2.41. The lowest BCUT2D eigenvalue weighted by atomic mass is 10.1. The molecule has 0 bridgehead atoms. The van der Waals surface area contributed by atoms with Gasteiger partial charge in [-0.25, -0.2) is 8.42 Å². The van der Waals surface area contributed by atoms with Crippen molar-refractivity contribution in [3.05, 3.63) is 59.3 Å². The third kappa shape index (κ3) is 4.33. The van der Waals surface area contributed by atoms with Gasteiger partial charge in [-0.1, -0.05) is 5.92 Å². The molecule has 1 aliphatic heterocycles. The van der Waals surface area contributed by atoms with Crippen LogP contribution in [0.15, 0.2) is 52.0 Å². The van der Waals surface area contributed by atoms with Crippen molar-refractivity contribution in [3.63, 3.8) is 0 Å². The summed E-state index contributed by atoms with van der Waals surface area (Å²) in [4.78, 5) is 35.6. The van der Waals surface area contributed by atoms with E-state index in [0.717, 1.165) is 0 Å². The summed E-state index contributed by atoms with van der Waals surface area (Å²) in [6.45, 7) is -0.269. The van der Waals surface area contributed by atoms with Gasteiger partial charge in [0.25, 0.3) is 10.0 Å². The molecule has 4 aromatic rings. The number of aromatic amines is 1. The van der Waals surface area contributed by atoms with E-state index in [9.17, 15) is 23.2 Å². The molecule has 12 nitrogen and oxygen atoms in total. The van der Waals surface area contributed by atoms with Crippen LogP contribution in [0.5, 0.6) is 0 Å². The summed E-state index contributed by atoms with van der Waals surface area (Å²) < 4.78 is 34.2. The summed E-state index contributed by atoms with van der Waals surface area (Å²) in [7, 11) is -0.878. The van der Waals surface area contributed by atoms with Crippen LogP contribution < -0.4 is 4.73 Å². The molecule has 3 aromatic heterocycles. The van der Waals surface area contributed by atoms with Crippen molar-refractivity contribution in [1.82, 2.24) is 24.1 Å². The number of rotatable bonds is 5. The first-order valence-corrected chi connectivity index (χ1v) is 13.1. The molecule has 13 heteroatoms. The summed E-state index contributed by atoms with van der Waals surface area (Å²) in [6, 6.07) is 8.86. The molecule has 1 aromatic carbocycles. The number of amides is 2. The predicted molar refractivity (Wildman–Crippen MR) is 136 cm³/mol. The molecular weight excluding hydrogens is 512 g/mol. The highest BCUT2D eigenvalue weighted by Crippen LogP contribution is 2.26. The molecule has 1 saturated heterocycles. The molecule has 1 unspecified atom stereocenters. The van der Waals surface area contributed by atoms with Gasteiger partial charge < -0.3 is 24.4 Å². The molecular formula is C25H24N6O6S. The number of carbonyl (C=O) groups excluding carboxylic acids is 2. The normalized spacial score (nSPS) is 16.6. The molecule has 196 valence electrons. The van der Waals surface area contributed by atoms with E-state index in [-0.39, 0.29) is 48.2 Å². The second-order valence-corrected chi connectivity index (χ2v) is 11.0. The van der Waals surface area contributed by atoms with E-state index in [2.05, 4.69) is 15.9 Å². The average molecular weight is 537 g/mol. The minimum atomic E-state index is -4.01. The molecule has 1 atom stereocenters. The molecule has 1 fully saturated rings. The zero-order chi connectivity index (χ0) is 27.2. The van der Waals surface area contributed by atoms with Gasteiger partial charge in [0.2, 0.25) is 11.5 Å². The van der Waals surface area contributed by atoms with Crippen LogP contribution in [-0.2, 0) is 14.8 Å². The highest BCUT2D eigenvalue weighted by molar-refractivity contribution is 7.89. The number of pyridine rings is 1. The number of hydrogen-bond acceptors (Lipinski definition) is 7. The SMILES string of the molecule is C#Cc1ccc2[nH]c(S(=O)(=O)N3CCN(C(=O)c4oc5cccnc5[n+]4[O-])C(CC(=O)N(C)C)C3)cc2c1. The number of benzene rings is 1. The summed E-state index contributed by atoms with van der Waals surface area (Å²) >= 11 is 0. The Morgan fingerprint density at radius 2 is 2.08 bits per heavy atom. The van der Waals surface area contributed by atoms with Gasteiger partial charge >= 0.3 is 17.4 Å². The van der Waals surface area contributed by atoms with Crippen LogP contribution >= 0.6 is 0 Å². The monoisotopic (exact) mass is 536 g/mol. The number of carbonyl (C=O) groups is 2. The first-order chi connectivity index (χ1) is 18.1. The van der Waals surface area contributed by atoms with Gasteiger partial charge in [0, 0.05) is 56.6 Å². The maximum absolute atomic E-state index is 13.6. The molecule has 1 N–H and O–H groups in total. The first kappa shape index (κ1) is 25.2. The molecule has 4 heterocycles. The van der Waals surface area contributed by atoms with Crippen molar-refractivity contribution in [2.75, 3.05) is 33.7 Å². The molecule has 2 amide bonds. The number of aromatic nitrogens is 3. The predicted octanol–water partition coefficient (Wildman–Crippen LogP) is 0.917. The minimum absolute atomic E-state index is 0.0279. The van der Waals surface area contributed by atoms with Crippen LogP contribution in [0, 0.1) is 17.6 Å². The minimum Gasteiger partial charge on any atom is -0.708 e. The Morgan fingerprint density at radius 1 is 1.29 bits per heavy atom. The molecule has 5 rings (SSSR count). The number of nitrogens with one attached hydrogen (secondary N) is 1. The van der Waals surface area contributed by atoms with Gasteiger partial charge in [-0.05, 0) is 41.4 Å². The van der Waals surface area contributed by atoms with Crippen LogP contribution in [0.4, 0.5) is 0 Å². The number of oxazole rings is 1. The van der Waals surface area contributed by atoms with Crippen LogP contribution in [0.2, 0.25) is 0 Å². The fourth-order valence-corrected chi connectivity index (χ4v) is 5.94. The maximum atomic E-state index is 13.6. The highest BCUT2D eigenvalue weighted by atomic mass is 32.2. The lowest BCUT2D eigenvalue weighted by Gasteiger charge is -2.40. The summed E-state index contributed by atoms with van der Waals surface area (Å²) in [5.74, 6) is 0.964. The van der Waals surface area contributed by atoms with E-state index < -0.39 is 27.9 Å². The zero-order valence-corrected chi connectivity index (χ0v) is 21.4. The Kier molecular flexibility index (Phi) is 6.29. The quantitative estimate of drug-likeness (QED) is 0.227. The van der Waals surface area contributed by atoms with Gasteiger partial charge in [-0.15, -0.1) is 6.42 Å². The Hall–Kier alpha value is -4.41. The van der Waals surface area contributed by atoms with Crippen molar-refractivity contribution in [2.24, 2.45) is 0 Å². The van der Waals surface area contributed by atoms with Crippen molar-refractivity contribution in [3.8, 4) is 12.3 Å². The Morgan fingerprint density at radius 3 is 2.79 bits per heavy atom. The van der Waals surface area contributed by atoms with Gasteiger partial charge in [-0.2, -0.15) is 9.04 Å². The lowest BCUT2D eigenvalue weighted by molar-refractivity contribution is -0.588. The summed E-state index contributed by atoms with van der Waals surface area (Å²) in [5.41, 5.74) is 1.31. The fourth-order valence-electron chi connectivity index (χ4n) is 4.45. The van der Waals surface area contributed by atoms with E-state index in [4.69, 9.17) is 10.8 Å². The fraction of sp³-hybridized carbons (Fsp3) is 0.280. The number of sulfonamides is 1. The average Bonchev–Trinajstić information content (AvgIpc) is 3.49. The molecule has 0 spiro atoms. The molecule has 0 radical (unpaired) electrons. The molecule has 38 heavy (non-hydrogen) atoms. The van der Waals surface area contributed by atoms with E-state index in [0.29, 0.717) is 21.2 Å². The van der Waals surface area contributed by atoms with Crippen LogP contribution in [0.25, 0.3) is 22.1 Å². The Balaban J connectivity index is 1.46. The van der Waals surface area contributed by atoms with E-state index in [1.54, 1.807) is 38.4 Å². The zero-order valence-electron chi connectivity index (χ0n) is 20.6. The van der Waals surface area contributed by atoms with Crippen LogP contribution in [0.3, 0.4) is 0 Å². The number of fused-ring (bicyclic) bond motifs is 2. The molecule has 0 aliphatic carbocycles. The van der Waals surface area contributed by atoms with E-state index in [1.165, 1.54) is 32.4 Å². The van der Waals surface area contributed by atoms with Crippen molar-refractivity contribution in [2.45, 2.75) is 17.5 Å². The Bertz CT molecular complexity index is 1720. The van der Waals surface area contributed by atoms with Crippen LogP contribution in [0.1, 0.15) is 22.7 Å². The number of hydrogen-bond donors (Lipinski definition) is 1. The lowest BCUT2D eigenvalue weighted by Crippen LogP contribution is -2.58. The summed E-state index contributed by atoms with van der Waals surface area (Å²) in [6.07, 6.45) is 6.71. The number of terminal acetylenes is 1. The second kappa shape index (κ2) is 9.47. The third-order valence-electron chi connectivity index (χ3n) is 6.51. The largest absolute Gasteiger partial charge is 0.708 e. The van der Waals surface area contributed by atoms with E-state index >= 15 is 0 Å². The third-order valence-corrected chi connectivity index (χ3v) is 8.30. The maximum Gasteiger partial charge on any atom is 0.372 e. The van der Waals surface area contributed by atoms with Crippen molar-refractivity contribution in [1.29, 1.82) is 0 Å². The van der Waals surface area contributed by atoms with Gasteiger partial charge in [0.15, 0.2) is 0 Å². The molecule has 1 aliphatic rings. The van der Waals surface area contributed by atoms with E-state index in [1.807, 2.05) is 0 Å². The second-order valence-electron chi connectivity index (χ2n) is 9.11. The van der Waals surface area contributed by atoms with Gasteiger partial charge in [0.1, 0.15) is 11.2 Å². The smallest absolute Gasteiger partial charge is 0.372 e. The van der Waals surface area contributed by atoms with Gasteiger partial charge in [-0.3, -0.25) is 9.59 Å². The summed E-state index contributed by atoms with van der Waals surface area (Å²) in [5, 5.41) is 13.3. The van der Waals surface area contributed by atoms with Crippen molar-refractivity contribution >= 4 is 44.0 Å². The topological polar surface area (TPSA) is 147 Å². The van der Waals surface area contributed by atoms with Gasteiger partial charge in [0.05, 0.1) is 6.04 Å². The van der Waals surface area contributed by atoms with Crippen molar-refractivity contribution < 1.29 is 27.2 Å².